The van der Waals surface area contributed by atoms with E-state index in [1.165, 1.54) is 6.20 Å². The van der Waals surface area contributed by atoms with Gasteiger partial charge < -0.3 is 5.11 Å². The van der Waals surface area contributed by atoms with Crippen LogP contribution in [0.5, 0.6) is 0 Å². The van der Waals surface area contributed by atoms with Gasteiger partial charge in [0.15, 0.2) is 0 Å². The molecule has 2 rings (SSSR count). The fraction of sp³-hybridized carbons (Fsp3) is 0.333. The van der Waals surface area contributed by atoms with E-state index in [4.69, 9.17) is 0 Å². The van der Waals surface area contributed by atoms with Gasteiger partial charge in [-0.05, 0) is 37.6 Å². The Hall–Kier alpha value is -1.59. The highest BCUT2D eigenvalue weighted by Gasteiger charge is 2.22. The summed E-state index contributed by atoms with van der Waals surface area (Å²) in [5.74, 6) is 0. The van der Waals surface area contributed by atoms with E-state index in [1.807, 2.05) is 13.8 Å². The second-order valence-corrected chi connectivity index (χ2v) is 6.67. The molecule has 0 amide bonds. The second-order valence-electron chi connectivity index (χ2n) is 4.85. The molecule has 0 aliphatic heterocycles. The number of rotatable bonds is 5. The van der Waals surface area contributed by atoms with Crippen molar-refractivity contribution in [1.29, 1.82) is 0 Å². The van der Waals surface area contributed by atoms with E-state index in [0.717, 1.165) is 16.0 Å². The third-order valence-electron chi connectivity index (χ3n) is 3.22. The van der Waals surface area contributed by atoms with Crippen LogP contribution >= 0.6 is 0 Å². The summed E-state index contributed by atoms with van der Waals surface area (Å²) in [6, 6.07) is 9.98. The van der Waals surface area contributed by atoms with Crippen LogP contribution in [0, 0.1) is 6.92 Å². The van der Waals surface area contributed by atoms with Gasteiger partial charge in [0.05, 0.1) is 16.7 Å². The van der Waals surface area contributed by atoms with Crippen molar-refractivity contribution < 1.29 is 13.5 Å². The van der Waals surface area contributed by atoms with Gasteiger partial charge in [-0.3, -0.25) is 0 Å². The molecule has 0 saturated carbocycles. The molecule has 1 atom stereocenters. The predicted molar refractivity (Wildman–Crippen MR) is 78.1 cm³/mol. The molecule has 1 heterocycles. The average Bonchev–Trinajstić information content (AvgIpc) is 2.89. The summed E-state index contributed by atoms with van der Waals surface area (Å²) in [6.07, 6.45) is 2.03. The van der Waals surface area contributed by atoms with Gasteiger partial charge >= 0.3 is 0 Å². The number of hydrogen-bond acceptors (Lipinski definition) is 3. The number of hydrogen-bond donors (Lipinski definition) is 1. The number of aromatic nitrogens is 1. The Kier molecular flexibility index (Phi) is 4.30. The maximum absolute atomic E-state index is 12.6. The molecule has 2 aromatic rings. The number of benzene rings is 1. The molecule has 1 unspecified atom stereocenters. The van der Waals surface area contributed by atoms with E-state index in [2.05, 4.69) is 0 Å². The zero-order valence-corrected chi connectivity index (χ0v) is 12.5. The molecule has 0 bridgehead atoms. The Balaban J connectivity index is 2.45. The van der Waals surface area contributed by atoms with Gasteiger partial charge in [0, 0.05) is 6.20 Å². The molecule has 0 radical (unpaired) electrons. The zero-order chi connectivity index (χ0) is 14.8. The maximum Gasteiger partial charge on any atom is 0.267 e. The van der Waals surface area contributed by atoms with E-state index in [9.17, 15) is 13.5 Å². The van der Waals surface area contributed by atoms with Crippen LogP contribution in [0.1, 0.15) is 37.1 Å². The molecule has 20 heavy (non-hydrogen) atoms. The Bertz CT molecular complexity index is 671. The van der Waals surface area contributed by atoms with Crippen LogP contribution in [-0.4, -0.2) is 17.5 Å². The molecule has 1 aromatic heterocycles. The van der Waals surface area contributed by atoms with E-state index in [0.29, 0.717) is 12.1 Å². The molecule has 0 aliphatic rings. The molecule has 1 N–H and O–H groups in total. The summed E-state index contributed by atoms with van der Waals surface area (Å²) >= 11 is 0. The highest BCUT2D eigenvalue weighted by Crippen LogP contribution is 2.23. The Morgan fingerprint density at radius 1 is 1.20 bits per heavy atom. The van der Waals surface area contributed by atoms with Gasteiger partial charge in [-0.2, -0.15) is 0 Å². The lowest BCUT2D eigenvalue weighted by Gasteiger charge is -2.14. The Labute approximate surface area is 119 Å². The van der Waals surface area contributed by atoms with Crippen LogP contribution in [0.2, 0.25) is 0 Å². The quantitative estimate of drug-likeness (QED) is 0.922. The first-order valence-electron chi connectivity index (χ1n) is 6.64. The molecular weight excluding hydrogens is 274 g/mol. The van der Waals surface area contributed by atoms with Gasteiger partial charge in [0.1, 0.15) is 0 Å². The minimum absolute atomic E-state index is 0.226. The first-order valence-corrected chi connectivity index (χ1v) is 8.08. The van der Waals surface area contributed by atoms with Crippen molar-refractivity contribution in [1.82, 2.24) is 3.97 Å². The molecule has 5 heteroatoms. The molecule has 0 fully saturated rings. The lowest BCUT2D eigenvalue weighted by atomic mass is 10.1. The fourth-order valence-corrected chi connectivity index (χ4v) is 3.50. The lowest BCUT2D eigenvalue weighted by molar-refractivity contribution is 0.161. The topological polar surface area (TPSA) is 59.3 Å². The lowest BCUT2D eigenvalue weighted by Crippen LogP contribution is -2.17. The van der Waals surface area contributed by atoms with E-state index in [1.54, 1.807) is 36.4 Å². The van der Waals surface area contributed by atoms with Crippen molar-refractivity contribution >= 4 is 10.0 Å². The average molecular weight is 293 g/mol. The molecular formula is C15H19NO3S. The van der Waals surface area contributed by atoms with Crippen molar-refractivity contribution in [2.24, 2.45) is 0 Å². The molecule has 0 spiro atoms. The Morgan fingerprint density at radius 2 is 1.85 bits per heavy atom. The van der Waals surface area contributed by atoms with Crippen LogP contribution in [0.4, 0.5) is 0 Å². The fourth-order valence-electron chi connectivity index (χ4n) is 2.10. The number of nitrogens with zero attached hydrogens (tertiary/aromatic N) is 1. The minimum Gasteiger partial charge on any atom is -0.387 e. The van der Waals surface area contributed by atoms with Gasteiger partial charge in [-0.25, -0.2) is 12.4 Å². The Morgan fingerprint density at radius 3 is 2.45 bits per heavy atom. The standard InChI is InChI=1S/C15H19NO3S/c1-3-5-15(17)14-6-4-11-16(14)20(18,19)13-9-7-12(2)8-10-13/h4,6-11,15,17H,3,5H2,1-2H3. The van der Waals surface area contributed by atoms with Crippen molar-refractivity contribution in [2.45, 2.75) is 37.7 Å². The highest BCUT2D eigenvalue weighted by atomic mass is 32.2. The van der Waals surface area contributed by atoms with Crippen LogP contribution in [0.3, 0.4) is 0 Å². The first-order chi connectivity index (χ1) is 9.46. The maximum atomic E-state index is 12.6. The van der Waals surface area contributed by atoms with Crippen LogP contribution in [0.25, 0.3) is 0 Å². The summed E-state index contributed by atoms with van der Waals surface area (Å²) in [4.78, 5) is 0.226. The largest absolute Gasteiger partial charge is 0.387 e. The van der Waals surface area contributed by atoms with Gasteiger partial charge in [-0.15, -0.1) is 0 Å². The first kappa shape index (κ1) is 14.8. The second kappa shape index (κ2) is 5.81. The van der Waals surface area contributed by atoms with Gasteiger partial charge in [-0.1, -0.05) is 31.0 Å². The predicted octanol–water partition coefficient (Wildman–Crippen LogP) is 2.87. The summed E-state index contributed by atoms with van der Waals surface area (Å²) in [7, 11) is -3.65. The smallest absolute Gasteiger partial charge is 0.267 e. The van der Waals surface area contributed by atoms with Crippen molar-refractivity contribution in [3.05, 3.63) is 53.9 Å². The highest BCUT2D eigenvalue weighted by molar-refractivity contribution is 7.90. The summed E-state index contributed by atoms with van der Waals surface area (Å²) in [6.45, 7) is 3.85. The third-order valence-corrected chi connectivity index (χ3v) is 4.94. The van der Waals surface area contributed by atoms with Crippen LogP contribution < -0.4 is 0 Å². The van der Waals surface area contributed by atoms with Crippen molar-refractivity contribution in [3.63, 3.8) is 0 Å². The monoisotopic (exact) mass is 293 g/mol. The number of aliphatic hydroxyl groups excluding tert-OH is 1. The van der Waals surface area contributed by atoms with Crippen LogP contribution in [-0.2, 0) is 10.0 Å². The molecule has 0 saturated heterocycles. The van der Waals surface area contributed by atoms with Gasteiger partial charge in [0.25, 0.3) is 10.0 Å². The minimum atomic E-state index is -3.65. The van der Waals surface area contributed by atoms with Gasteiger partial charge in [0.2, 0.25) is 0 Å². The normalized spacial score (nSPS) is 13.3. The number of aryl methyl sites for hydroxylation is 1. The van der Waals surface area contributed by atoms with E-state index in [-0.39, 0.29) is 4.90 Å². The molecule has 1 aromatic carbocycles. The van der Waals surface area contributed by atoms with Crippen LogP contribution in [0.15, 0.2) is 47.5 Å². The van der Waals surface area contributed by atoms with Crippen molar-refractivity contribution in [2.75, 3.05) is 0 Å². The summed E-state index contributed by atoms with van der Waals surface area (Å²) in [5.41, 5.74) is 1.41. The zero-order valence-electron chi connectivity index (χ0n) is 11.7. The number of aliphatic hydroxyl groups is 1. The molecule has 4 nitrogen and oxygen atoms in total. The molecule has 0 aliphatic carbocycles. The molecule has 108 valence electrons. The SMILES string of the molecule is CCCC(O)c1cccn1S(=O)(=O)c1ccc(C)cc1. The van der Waals surface area contributed by atoms with E-state index < -0.39 is 16.1 Å². The van der Waals surface area contributed by atoms with Crippen molar-refractivity contribution in [3.8, 4) is 0 Å². The third kappa shape index (κ3) is 2.78. The summed E-state index contributed by atoms with van der Waals surface area (Å²) in [5, 5.41) is 10.1. The van der Waals surface area contributed by atoms with E-state index >= 15 is 0 Å². The summed E-state index contributed by atoms with van der Waals surface area (Å²) < 4.78 is 26.3.